The van der Waals surface area contributed by atoms with Gasteiger partial charge in [-0.2, -0.15) is 0 Å². The second kappa shape index (κ2) is 13.3. The minimum absolute atomic E-state index is 0. The van der Waals surface area contributed by atoms with Gasteiger partial charge in [-0.3, -0.25) is 4.90 Å². The lowest BCUT2D eigenvalue weighted by molar-refractivity contribution is 0.0527. The largest absolute Gasteiger partial charge is 0.506 e. The van der Waals surface area contributed by atoms with Crippen molar-refractivity contribution in [3.63, 3.8) is 0 Å². The van der Waals surface area contributed by atoms with Crippen LogP contribution in [0.25, 0.3) is 10.9 Å². The molecule has 1 N–H and O–H groups in total. The molecule has 1 aromatic heterocycles. The molecule has 11 heteroatoms. The van der Waals surface area contributed by atoms with Gasteiger partial charge in [-0.15, -0.1) is 36.6 Å². The van der Waals surface area contributed by atoms with Crippen molar-refractivity contribution in [2.24, 2.45) is 7.05 Å². The molecule has 4 rings (SSSR count). The van der Waals surface area contributed by atoms with Crippen molar-refractivity contribution in [3.8, 4) is 5.75 Å². The standard InChI is InChI=1S/C25H29BrFN3O3S.2ClH/c1-4-33-25(32)23-21(15-34-17-7-5-16(27)6-8-17)29(3)20-13-19(26)24(31)18(22(20)23)14-30-11-9-28(2)10-12-30;;/h5-8,13,31H,4,9-12,14-15H2,1-3H3;2*1H. The summed E-state index contributed by atoms with van der Waals surface area (Å²) < 4.78 is 21.4. The first-order valence-electron chi connectivity index (χ1n) is 11.3. The highest BCUT2D eigenvalue weighted by Gasteiger charge is 2.28. The first-order chi connectivity index (χ1) is 16.3. The number of phenolic OH excluding ortho intramolecular Hbond substituents is 1. The Morgan fingerprint density at radius 3 is 2.39 bits per heavy atom. The lowest BCUT2D eigenvalue weighted by atomic mass is 10.0. The molecule has 1 aliphatic rings. The first-order valence-corrected chi connectivity index (χ1v) is 13.1. The molecule has 0 radical (unpaired) electrons. The third-order valence-corrected chi connectivity index (χ3v) is 7.91. The predicted molar refractivity (Wildman–Crippen MR) is 151 cm³/mol. The van der Waals surface area contributed by atoms with E-state index in [1.165, 1.54) is 23.9 Å². The highest BCUT2D eigenvalue weighted by molar-refractivity contribution is 9.10. The quantitative estimate of drug-likeness (QED) is 0.264. The normalized spacial score (nSPS) is 14.4. The van der Waals surface area contributed by atoms with E-state index in [9.17, 15) is 14.3 Å². The molecule has 198 valence electrons. The number of aromatic nitrogens is 1. The fraction of sp³-hybridized carbons (Fsp3) is 0.400. The lowest BCUT2D eigenvalue weighted by Crippen LogP contribution is -2.43. The molecule has 2 heterocycles. The Morgan fingerprint density at radius 1 is 1.14 bits per heavy atom. The first kappa shape index (κ1) is 30.7. The van der Waals surface area contributed by atoms with Gasteiger partial charge in [-0.05, 0) is 60.2 Å². The zero-order chi connectivity index (χ0) is 24.4. The Bertz CT molecular complexity index is 1200. The number of carbonyl (C=O) groups is 1. The number of fused-ring (bicyclic) bond motifs is 1. The van der Waals surface area contributed by atoms with E-state index >= 15 is 0 Å². The summed E-state index contributed by atoms with van der Waals surface area (Å²) in [6.45, 7) is 6.27. The van der Waals surface area contributed by atoms with Crippen LogP contribution in [0.2, 0.25) is 0 Å². The summed E-state index contributed by atoms with van der Waals surface area (Å²) in [5.41, 5.74) is 2.87. The molecule has 3 aromatic rings. The maximum Gasteiger partial charge on any atom is 0.340 e. The molecule has 0 atom stereocenters. The minimum atomic E-state index is -0.399. The Labute approximate surface area is 236 Å². The number of benzene rings is 2. The number of hydrogen-bond acceptors (Lipinski definition) is 6. The van der Waals surface area contributed by atoms with Gasteiger partial charge in [0, 0.05) is 67.1 Å². The van der Waals surface area contributed by atoms with Gasteiger partial charge in [0.25, 0.3) is 0 Å². The Kier molecular flexibility index (Phi) is 11.4. The maximum absolute atomic E-state index is 13.3. The van der Waals surface area contributed by atoms with Gasteiger partial charge in [0.1, 0.15) is 11.6 Å². The van der Waals surface area contributed by atoms with E-state index in [-0.39, 0.29) is 43.0 Å². The molecule has 0 spiro atoms. The van der Waals surface area contributed by atoms with Crippen LogP contribution in [0.1, 0.15) is 28.5 Å². The maximum atomic E-state index is 13.3. The van der Waals surface area contributed by atoms with E-state index in [2.05, 4.69) is 32.8 Å². The van der Waals surface area contributed by atoms with Crippen molar-refractivity contribution in [1.29, 1.82) is 0 Å². The number of nitrogens with zero attached hydrogens (tertiary/aromatic N) is 3. The number of halogens is 4. The summed E-state index contributed by atoms with van der Waals surface area (Å²) in [4.78, 5) is 18.7. The molecule has 1 saturated heterocycles. The summed E-state index contributed by atoms with van der Waals surface area (Å²) in [5, 5.41) is 11.8. The molecule has 6 nitrogen and oxygen atoms in total. The van der Waals surface area contributed by atoms with Gasteiger partial charge >= 0.3 is 5.97 Å². The number of thioether (sulfide) groups is 1. The topological polar surface area (TPSA) is 57.9 Å². The zero-order valence-electron chi connectivity index (χ0n) is 20.4. The molecule has 36 heavy (non-hydrogen) atoms. The van der Waals surface area contributed by atoms with Crippen molar-refractivity contribution in [2.45, 2.75) is 24.1 Å². The highest BCUT2D eigenvalue weighted by atomic mass is 79.9. The number of hydrogen-bond donors (Lipinski definition) is 1. The fourth-order valence-corrected chi connectivity index (χ4v) is 5.76. The van der Waals surface area contributed by atoms with E-state index in [0.29, 0.717) is 22.3 Å². The highest BCUT2D eigenvalue weighted by Crippen LogP contribution is 2.41. The molecule has 0 amide bonds. The number of piperazine rings is 1. The summed E-state index contributed by atoms with van der Waals surface area (Å²) in [6.07, 6.45) is 0. The van der Waals surface area contributed by atoms with Gasteiger partial charge < -0.3 is 19.3 Å². The Morgan fingerprint density at radius 2 is 1.78 bits per heavy atom. The molecule has 0 unspecified atom stereocenters. The van der Waals surface area contributed by atoms with Crippen LogP contribution < -0.4 is 0 Å². The van der Waals surface area contributed by atoms with Gasteiger partial charge in [0.05, 0.1) is 22.2 Å². The van der Waals surface area contributed by atoms with Crippen molar-refractivity contribution < 1.29 is 19.0 Å². The Balaban J connectivity index is 0.00000228. The number of rotatable bonds is 7. The van der Waals surface area contributed by atoms with E-state index in [1.807, 2.05) is 17.7 Å². The summed E-state index contributed by atoms with van der Waals surface area (Å²) in [7, 11) is 4.03. The van der Waals surface area contributed by atoms with Crippen LogP contribution in [-0.4, -0.2) is 65.3 Å². The number of aryl methyl sites for hydroxylation is 1. The molecule has 0 saturated carbocycles. The van der Waals surface area contributed by atoms with Crippen molar-refractivity contribution in [1.82, 2.24) is 14.4 Å². The van der Waals surface area contributed by atoms with Gasteiger partial charge in [-0.1, -0.05) is 0 Å². The van der Waals surface area contributed by atoms with E-state index in [1.54, 1.807) is 19.1 Å². The second-order valence-electron chi connectivity index (χ2n) is 8.50. The van der Waals surface area contributed by atoms with E-state index in [0.717, 1.165) is 53.2 Å². The number of ether oxygens (including phenoxy) is 1. The number of likely N-dealkylation sites (N-methyl/N-ethyl adjacent to an activating group) is 1. The van der Waals surface area contributed by atoms with Crippen LogP contribution in [0.5, 0.6) is 5.75 Å². The summed E-state index contributed by atoms with van der Waals surface area (Å²) in [5.74, 6) is -0.0309. The molecule has 2 aromatic carbocycles. The molecule has 0 bridgehead atoms. The van der Waals surface area contributed by atoms with Gasteiger partial charge in [-0.25, -0.2) is 9.18 Å². The molecule has 1 fully saturated rings. The fourth-order valence-electron chi connectivity index (χ4n) is 4.34. The SMILES string of the molecule is CCOC(=O)c1c(CSc2ccc(F)cc2)n(C)c2cc(Br)c(O)c(CN3CCN(C)CC3)c12.Cl.Cl. The van der Waals surface area contributed by atoms with E-state index < -0.39 is 5.97 Å². The average Bonchev–Trinajstić information content (AvgIpc) is 3.09. The van der Waals surface area contributed by atoms with Crippen LogP contribution in [0.15, 0.2) is 39.7 Å². The molecule has 1 aliphatic heterocycles. The van der Waals surface area contributed by atoms with Gasteiger partial charge in [0.2, 0.25) is 0 Å². The zero-order valence-corrected chi connectivity index (χ0v) is 24.5. The smallest absolute Gasteiger partial charge is 0.340 e. The van der Waals surface area contributed by atoms with Crippen LogP contribution in [0, 0.1) is 5.82 Å². The van der Waals surface area contributed by atoms with Crippen LogP contribution >= 0.6 is 52.5 Å². The van der Waals surface area contributed by atoms with Crippen molar-refractivity contribution >= 4 is 69.4 Å². The Hall–Kier alpha value is -1.49. The van der Waals surface area contributed by atoms with Crippen LogP contribution in [0.4, 0.5) is 4.39 Å². The molecular weight excluding hydrogens is 592 g/mol. The van der Waals surface area contributed by atoms with Crippen LogP contribution in [0.3, 0.4) is 0 Å². The van der Waals surface area contributed by atoms with E-state index in [4.69, 9.17) is 4.74 Å². The predicted octanol–water partition coefficient (Wildman–Crippen LogP) is 5.85. The number of aromatic hydroxyl groups is 1. The number of carbonyl (C=O) groups excluding carboxylic acids is 1. The van der Waals surface area contributed by atoms with Crippen molar-refractivity contribution in [3.05, 3.63) is 57.4 Å². The summed E-state index contributed by atoms with van der Waals surface area (Å²) in [6, 6.07) is 8.17. The average molecular weight is 623 g/mol. The third-order valence-electron chi connectivity index (χ3n) is 6.28. The van der Waals surface area contributed by atoms with Crippen molar-refractivity contribution in [2.75, 3.05) is 39.8 Å². The third kappa shape index (κ3) is 6.49. The van der Waals surface area contributed by atoms with Gasteiger partial charge in [0.15, 0.2) is 0 Å². The number of phenols is 1. The lowest BCUT2D eigenvalue weighted by Gasteiger charge is -2.32. The second-order valence-corrected chi connectivity index (χ2v) is 10.4. The molecular formula is C25H31BrCl2FN3O3S. The summed E-state index contributed by atoms with van der Waals surface area (Å²) >= 11 is 5.04. The monoisotopic (exact) mass is 621 g/mol. The minimum Gasteiger partial charge on any atom is -0.506 e. The van der Waals surface area contributed by atoms with Crippen LogP contribution in [-0.2, 0) is 24.1 Å². The molecule has 0 aliphatic carbocycles. The number of esters is 1.